The van der Waals surface area contributed by atoms with Crippen LogP contribution in [-0.2, 0) is 27.4 Å². The molecule has 0 unspecified atom stereocenters. The van der Waals surface area contributed by atoms with Gasteiger partial charge in [-0.05, 0) is 36.4 Å². The smallest absolute Gasteiger partial charge is 0.340 e. The normalized spacial score (nSPS) is 15.5. The molecule has 2 aromatic heterocycles. The van der Waals surface area contributed by atoms with Crippen molar-refractivity contribution in [2.75, 3.05) is 26.2 Å². The maximum atomic E-state index is 12.8. The van der Waals surface area contributed by atoms with Crippen LogP contribution in [0.25, 0.3) is 10.7 Å². The van der Waals surface area contributed by atoms with Crippen LogP contribution in [0.3, 0.4) is 0 Å². The third kappa shape index (κ3) is 5.23. The molecule has 1 aliphatic heterocycles. The first-order chi connectivity index (χ1) is 15.6. The Morgan fingerprint density at radius 3 is 2.33 bits per heavy atom. The highest BCUT2D eigenvalue weighted by Gasteiger charge is 2.33. The highest BCUT2D eigenvalue weighted by Crippen LogP contribution is 2.30. The number of halogens is 3. The van der Waals surface area contributed by atoms with E-state index < -0.39 is 21.8 Å². The lowest BCUT2D eigenvalue weighted by atomic mass is 10.2. The summed E-state index contributed by atoms with van der Waals surface area (Å²) >= 11 is 1.39. The Bertz CT molecular complexity index is 1220. The van der Waals surface area contributed by atoms with E-state index in [1.165, 1.54) is 15.6 Å². The van der Waals surface area contributed by atoms with E-state index in [1.807, 2.05) is 12.1 Å². The molecular formula is C21H19F3N4O3S2. The molecule has 12 heteroatoms. The van der Waals surface area contributed by atoms with Gasteiger partial charge in [0.15, 0.2) is 0 Å². The average Bonchev–Trinajstić information content (AvgIpc) is 3.28. The number of piperazine rings is 1. The molecule has 0 atom stereocenters. The summed E-state index contributed by atoms with van der Waals surface area (Å²) in [5, 5.41) is 2.51. The van der Waals surface area contributed by atoms with Gasteiger partial charge in [-0.2, -0.15) is 17.5 Å². The van der Waals surface area contributed by atoms with Crippen LogP contribution < -0.4 is 0 Å². The topological polar surface area (TPSA) is 83.5 Å². The number of benzene rings is 1. The van der Waals surface area contributed by atoms with Crippen LogP contribution in [0, 0.1) is 0 Å². The van der Waals surface area contributed by atoms with Gasteiger partial charge in [-0.3, -0.25) is 9.78 Å². The highest BCUT2D eigenvalue weighted by molar-refractivity contribution is 7.89. The molecule has 0 bridgehead atoms. The van der Waals surface area contributed by atoms with Gasteiger partial charge in [0, 0.05) is 37.8 Å². The molecule has 0 radical (unpaired) electrons. The molecule has 1 saturated heterocycles. The lowest BCUT2D eigenvalue weighted by Crippen LogP contribution is -2.50. The highest BCUT2D eigenvalue weighted by atomic mass is 32.2. The lowest BCUT2D eigenvalue weighted by Gasteiger charge is -2.34. The maximum Gasteiger partial charge on any atom is 0.416 e. The van der Waals surface area contributed by atoms with Crippen LogP contribution in [0.2, 0.25) is 0 Å². The summed E-state index contributed by atoms with van der Waals surface area (Å²) in [4.78, 5) is 22.7. The standard InChI is InChI=1S/C21H19F3N4O3S2/c22-21(23,24)15-4-6-17(7-5-15)33(30,31)28-11-9-27(10-12-28)19(29)13-16-14-32-20(26-16)18-3-1-2-8-25-18/h1-8,14H,9-13H2. The monoisotopic (exact) mass is 496 g/mol. The van der Waals surface area contributed by atoms with Gasteiger partial charge >= 0.3 is 6.18 Å². The van der Waals surface area contributed by atoms with Crippen LogP contribution in [-0.4, -0.2) is 59.7 Å². The Kier molecular flexibility index (Phi) is 6.50. The number of carbonyl (C=O) groups excluding carboxylic acids is 1. The second-order valence-corrected chi connectivity index (χ2v) is 10.1. The minimum atomic E-state index is -4.54. The first-order valence-corrected chi connectivity index (χ1v) is 12.3. The van der Waals surface area contributed by atoms with Crippen molar-refractivity contribution in [2.24, 2.45) is 0 Å². The number of hydrogen-bond donors (Lipinski definition) is 0. The summed E-state index contributed by atoms with van der Waals surface area (Å²) in [5.41, 5.74) is 0.429. The quantitative estimate of drug-likeness (QED) is 0.541. The molecule has 7 nitrogen and oxygen atoms in total. The van der Waals surface area contributed by atoms with Crippen molar-refractivity contribution < 1.29 is 26.4 Å². The van der Waals surface area contributed by atoms with E-state index in [0.717, 1.165) is 30.0 Å². The van der Waals surface area contributed by atoms with Gasteiger partial charge in [-0.1, -0.05) is 6.07 Å². The number of rotatable bonds is 5. The van der Waals surface area contributed by atoms with Crippen molar-refractivity contribution in [1.82, 2.24) is 19.2 Å². The number of aromatic nitrogens is 2. The van der Waals surface area contributed by atoms with E-state index in [-0.39, 0.29) is 43.4 Å². The van der Waals surface area contributed by atoms with Crippen LogP contribution in [0.1, 0.15) is 11.3 Å². The minimum Gasteiger partial charge on any atom is -0.340 e. The van der Waals surface area contributed by atoms with Crippen molar-refractivity contribution in [3.63, 3.8) is 0 Å². The van der Waals surface area contributed by atoms with Gasteiger partial charge in [-0.25, -0.2) is 13.4 Å². The van der Waals surface area contributed by atoms with Crippen molar-refractivity contribution in [3.8, 4) is 10.7 Å². The van der Waals surface area contributed by atoms with Gasteiger partial charge < -0.3 is 4.90 Å². The van der Waals surface area contributed by atoms with Crippen molar-refractivity contribution >= 4 is 27.3 Å². The Balaban J connectivity index is 1.35. The number of hydrogen-bond acceptors (Lipinski definition) is 6. The lowest BCUT2D eigenvalue weighted by molar-refractivity contribution is -0.137. The molecule has 3 aromatic rings. The van der Waals surface area contributed by atoms with Crippen LogP contribution in [0.15, 0.2) is 58.9 Å². The molecule has 174 valence electrons. The maximum absolute atomic E-state index is 12.8. The van der Waals surface area contributed by atoms with Crippen LogP contribution >= 0.6 is 11.3 Å². The third-order valence-corrected chi connectivity index (χ3v) is 8.01. The molecule has 3 heterocycles. The molecule has 1 aromatic carbocycles. The van der Waals surface area contributed by atoms with Gasteiger partial charge in [-0.15, -0.1) is 11.3 Å². The number of carbonyl (C=O) groups is 1. The van der Waals surface area contributed by atoms with Gasteiger partial charge in [0.1, 0.15) is 5.01 Å². The molecule has 0 aliphatic carbocycles. The van der Waals surface area contributed by atoms with E-state index >= 15 is 0 Å². The Labute approximate surface area is 192 Å². The van der Waals surface area contributed by atoms with Gasteiger partial charge in [0.25, 0.3) is 0 Å². The molecule has 0 N–H and O–H groups in total. The Hall–Kier alpha value is -2.83. The largest absolute Gasteiger partial charge is 0.416 e. The third-order valence-electron chi connectivity index (χ3n) is 5.18. The molecule has 1 fully saturated rings. The molecular weight excluding hydrogens is 477 g/mol. The number of pyridine rings is 1. The van der Waals surface area contributed by atoms with E-state index in [9.17, 15) is 26.4 Å². The van der Waals surface area contributed by atoms with E-state index in [4.69, 9.17) is 0 Å². The predicted octanol–water partition coefficient (Wildman–Crippen LogP) is 3.30. The molecule has 1 amide bonds. The van der Waals surface area contributed by atoms with E-state index in [1.54, 1.807) is 22.5 Å². The second kappa shape index (κ2) is 9.20. The second-order valence-electron chi connectivity index (χ2n) is 7.34. The van der Waals surface area contributed by atoms with Crippen LogP contribution in [0.5, 0.6) is 0 Å². The first kappa shape index (κ1) is 23.3. The summed E-state index contributed by atoms with van der Waals surface area (Å²) < 4.78 is 64.9. The fourth-order valence-corrected chi connectivity index (χ4v) is 5.62. The minimum absolute atomic E-state index is 0.0609. The fourth-order valence-electron chi connectivity index (χ4n) is 3.40. The van der Waals surface area contributed by atoms with Crippen molar-refractivity contribution in [3.05, 3.63) is 65.3 Å². The average molecular weight is 497 g/mol. The Morgan fingerprint density at radius 2 is 1.73 bits per heavy atom. The summed E-state index contributed by atoms with van der Waals surface area (Å²) in [6.45, 7) is 0.503. The zero-order valence-corrected chi connectivity index (χ0v) is 18.8. The van der Waals surface area contributed by atoms with Crippen molar-refractivity contribution in [1.29, 1.82) is 0 Å². The van der Waals surface area contributed by atoms with E-state index in [0.29, 0.717) is 10.7 Å². The summed E-state index contributed by atoms with van der Waals surface area (Å²) in [7, 11) is -3.95. The molecule has 33 heavy (non-hydrogen) atoms. The summed E-state index contributed by atoms with van der Waals surface area (Å²) in [6, 6.07) is 8.90. The first-order valence-electron chi connectivity index (χ1n) is 9.95. The van der Waals surface area contributed by atoms with Crippen LogP contribution in [0.4, 0.5) is 13.2 Å². The summed E-state index contributed by atoms with van der Waals surface area (Å²) in [6.07, 6.45) is -2.78. The SMILES string of the molecule is O=C(Cc1csc(-c2ccccn2)n1)N1CCN(S(=O)(=O)c2ccc(C(F)(F)F)cc2)CC1. The number of nitrogens with zero attached hydrogens (tertiary/aromatic N) is 4. The zero-order valence-electron chi connectivity index (χ0n) is 17.2. The molecule has 0 spiro atoms. The summed E-state index contributed by atoms with van der Waals surface area (Å²) in [5.74, 6) is -0.167. The predicted molar refractivity (Wildman–Crippen MR) is 116 cm³/mol. The number of thiazole rings is 1. The van der Waals surface area contributed by atoms with Crippen molar-refractivity contribution in [2.45, 2.75) is 17.5 Å². The zero-order chi connectivity index (χ0) is 23.6. The number of amides is 1. The van der Waals surface area contributed by atoms with E-state index in [2.05, 4.69) is 9.97 Å². The molecule has 0 saturated carbocycles. The number of alkyl halides is 3. The number of sulfonamides is 1. The van der Waals surface area contributed by atoms with Gasteiger partial charge in [0.05, 0.1) is 28.3 Å². The Morgan fingerprint density at radius 1 is 1.03 bits per heavy atom. The van der Waals surface area contributed by atoms with Gasteiger partial charge in [0.2, 0.25) is 15.9 Å². The fraction of sp³-hybridized carbons (Fsp3) is 0.286. The molecule has 4 rings (SSSR count). The molecule has 1 aliphatic rings.